The van der Waals surface area contributed by atoms with Gasteiger partial charge in [0.2, 0.25) is 5.91 Å². The molecule has 1 aromatic rings. The number of imide groups is 1. The van der Waals surface area contributed by atoms with Crippen LogP contribution >= 0.6 is 0 Å². The minimum absolute atomic E-state index is 0.0942. The highest BCUT2D eigenvalue weighted by Gasteiger charge is 2.11. The van der Waals surface area contributed by atoms with E-state index in [-0.39, 0.29) is 19.2 Å². The van der Waals surface area contributed by atoms with Crippen LogP contribution in [0.3, 0.4) is 0 Å². The lowest BCUT2D eigenvalue weighted by Crippen LogP contribution is -2.41. The van der Waals surface area contributed by atoms with E-state index >= 15 is 0 Å². The fraction of sp³-hybridized carbons (Fsp3) is 0.273. The molecule has 1 rings (SSSR count). The van der Waals surface area contributed by atoms with Crippen molar-refractivity contribution in [2.24, 2.45) is 5.73 Å². The Morgan fingerprint density at radius 1 is 1.29 bits per heavy atom. The maximum atomic E-state index is 11.1. The standard InChI is InChI=1S/C11H15N3O3/c12-11(17)14-10(16)6-13-9(7-15)8-4-2-1-3-5-8/h1-5,9,13,15H,6-7H2,(H3,12,14,16,17). The molecule has 92 valence electrons. The van der Waals surface area contributed by atoms with Crippen molar-refractivity contribution in [1.29, 1.82) is 0 Å². The first kappa shape index (κ1) is 13.1. The molecule has 6 nitrogen and oxygen atoms in total. The van der Waals surface area contributed by atoms with Gasteiger partial charge < -0.3 is 10.8 Å². The van der Waals surface area contributed by atoms with E-state index in [0.717, 1.165) is 5.56 Å². The van der Waals surface area contributed by atoms with Gasteiger partial charge in [-0.3, -0.25) is 15.4 Å². The van der Waals surface area contributed by atoms with E-state index in [4.69, 9.17) is 5.73 Å². The lowest BCUT2D eigenvalue weighted by molar-refractivity contribution is -0.119. The number of nitrogens with two attached hydrogens (primary N) is 1. The number of primary amides is 1. The summed E-state index contributed by atoms with van der Waals surface area (Å²) in [4.78, 5) is 21.6. The van der Waals surface area contributed by atoms with Crippen LogP contribution in [0.25, 0.3) is 0 Å². The predicted octanol–water partition coefficient (Wildman–Crippen LogP) is -0.495. The molecule has 5 N–H and O–H groups in total. The second-order valence-corrected chi connectivity index (χ2v) is 3.44. The second kappa shape index (κ2) is 6.62. The molecule has 0 bridgehead atoms. The van der Waals surface area contributed by atoms with Gasteiger partial charge in [0, 0.05) is 0 Å². The molecular formula is C11H15N3O3. The Balaban J connectivity index is 2.49. The molecule has 0 radical (unpaired) electrons. The van der Waals surface area contributed by atoms with Crippen molar-refractivity contribution in [2.45, 2.75) is 6.04 Å². The van der Waals surface area contributed by atoms with Crippen LogP contribution in [-0.4, -0.2) is 30.2 Å². The molecule has 3 amide bonds. The number of carbonyl (C=O) groups is 2. The van der Waals surface area contributed by atoms with Crippen molar-refractivity contribution in [3.8, 4) is 0 Å². The van der Waals surface area contributed by atoms with E-state index in [1.54, 1.807) is 0 Å². The minimum Gasteiger partial charge on any atom is -0.394 e. The molecule has 0 saturated carbocycles. The van der Waals surface area contributed by atoms with Gasteiger partial charge in [-0.25, -0.2) is 4.79 Å². The maximum Gasteiger partial charge on any atom is 0.318 e. The first-order chi connectivity index (χ1) is 8.13. The Bertz CT molecular complexity index is 381. The largest absolute Gasteiger partial charge is 0.394 e. The van der Waals surface area contributed by atoms with Gasteiger partial charge in [0.25, 0.3) is 0 Å². The summed E-state index contributed by atoms with van der Waals surface area (Å²) >= 11 is 0. The van der Waals surface area contributed by atoms with E-state index in [1.165, 1.54) is 0 Å². The third-order valence-electron chi connectivity index (χ3n) is 2.16. The van der Waals surface area contributed by atoms with E-state index < -0.39 is 11.9 Å². The number of hydrogen-bond acceptors (Lipinski definition) is 4. The summed E-state index contributed by atoms with van der Waals surface area (Å²) in [5.41, 5.74) is 5.66. The van der Waals surface area contributed by atoms with Crippen LogP contribution in [0.2, 0.25) is 0 Å². The zero-order valence-corrected chi connectivity index (χ0v) is 9.22. The first-order valence-electron chi connectivity index (χ1n) is 5.12. The maximum absolute atomic E-state index is 11.1. The number of rotatable bonds is 5. The molecule has 1 unspecified atom stereocenters. The third-order valence-corrected chi connectivity index (χ3v) is 2.16. The molecule has 0 aliphatic heterocycles. The highest BCUT2D eigenvalue weighted by molar-refractivity contribution is 5.94. The van der Waals surface area contributed by atoms with E-state index in [9.17, 15) is 14.7 Å². The lowest BCUT2D eigenvalue weighted by Gasteiger charge is -2.15. The zero-order valence-electron chi connectivity index (χ0n) is 9.22. The summed E-state index contributed by atoms with van der Waals surface area (Å²) in [6, 6.07) is 7.95. The molecule has 1 atom stereocenters. The summed E-state index contributed by atoms with van der Waals surface area (Å²) in [5.74, 6) is -0.535. The Morgan fingerprint density at radius 3 is 2.47 bits per heavy atom. The Morgan fingerprint density at radius 2 is 1.94 bits per heavy atom. The SMILES string of the molecule is NC(=O)NC(=O)CNC(CO)c1ccccc1. The van der Waals surface area contributed by atoms with Gasteiger partial charge in [0.1, 0.15) is 0 Å². The second-order valence-electron chi connectivity index (χ2n) is 3.44. The summed E-state index contributed by atoms with van der Waals surface area (Å²) in [6.45, 7) is -0.239. The molecule has 0 heterocycles. The molecule has 0 fully saturated rings. The molecule has 0 saturated heterocycles. The monoisotopic (exact) mass is 237 g/mol. The number of benzene rings is 1. The number of aliphatic hydroxyl groups is 1. The highest BCUT2D eigenvalue weighted by Crippen LogP contribution is 2.10. The van der Waals surface area contributed by atoms with Gasteiger partial charge in [0.05, 0.1) is 19.2 Å². The van der Waals surface area contributed by atoms with Crippen LogP contribution < -0.4 is 16.4 Å². The summed E-state index contributed by atoms with van der Waals surface area (Å²) < 4.78 is 0. The van der Waals surface area contributed by atoms with Gasteiger partial charge in [-0.15, -0.1) is 0 Å². The van der Waals surface area contributed by atoms with Gasteiger partial charge in [-0.1, -0.05) is 30.3 Å². The van der Waals surface area contributed by atoms with E-state index in [0.29, 0.717) is 0 Å². The predicted molar refractivity (Wildman–Crippen MR) is 62.0 cm³/mol. The van der Waals surface area contributed by atoms with Gasteiger partial charge in [-0.2, -0.15) is 0 Å². The van der Waals surface area contributed by atoms with Gasteiger partial charge >= 0.3 is 6.03 Å². The number of amides is 3. The molecule has 0 aromatic heterocycles. The van der Waals surface area contributed by atoms with Gasteiger partial charge in [-0.05, 0) is 5.56 Å². The van der Waals surface area contributed by atoms with Crippen LogP contribution in [0.1, 0.15) is 11.6 Å². The van der Waals surface area contributed by atoms with Gasteiger partial charge in [0.15, 0.2) is 0 Å². The fourth-order valence-electron chi connectivity index (χ4n) is 1.37. The lowest BCUT2D eigenvalue weighted by atomic mass is 10.1. The quantitative estimate of drug-likeness (QED) is 0.554. The Labute approximate surface area is 98.8 Å². The number of aliphatic hydroxyl groups excluding tert-OH is 1. The smallest absolute Gasteiger partial charge is 0.318 e. The Hall–Kier alpha value is -1.92. The number of urea groups is 1. The van der Waals surface area contributed by atoms with E-state index in [2.05, 4.69) is 5.32 Å². The number of nitrogens with one attached hydrogen (secondary N) is 2. The fourth-order valence-corrected chi connectivity index (χ4v) is 1.37. The Kier molecular flexibility index (Phi) is 5.12. The molecule has 0 aliphatic carbocycles. The van der Waals surface area contributed by atoms with Crippen molar-refractivity contribution in [3.63, 3.8) is 0 Å². The van der Waals surface area contributed by atoms with Crippen molar-refractivity contribution in [2.75, 3.05) is 13.2 Å². The molecule has 0 aliphatic rings. The first-order valence-corrected chi connectivity index (χ1v) is 5.12. The molecule has 17 heavy (non-hydrogen) atoms. The van der Waals surface area contributed by atoms with Crippen LogP contribution in [0.4, 0.5) is 4.79 Å². The molecule has 0 spiro atoms. The topological polar surface area (TPSA) is 104 Å². The van der Waals surface area contributed by atoms with Crippen LogP contribution in [-0.2, 0) is 4.79 Å². The normalized spacial score (nSPS) is 11.8. The van der Waals surface area contributed by atoms with Crippen LogP contribution in [0, 0.1) is 0 Å². The number of hydrogen-bond donors (Lipinski definition) is 4. The summed E-state index contributed by atoms with van der Waals surface area (Å²) in [5, 5.41) is 13.9. The zero-order chi connectivity index (χ0) is 12.7. The van der Waals surface area contributed by atoms with E-state index in [1.807, 2.05) is 35.6 Å². The highest BCUT2D eigenvalue weighted by atomic mass is 16.3. The van der Waals surface area contributed by atoms with Crippen molar-refractivity contribution >= 4 is 11.9 Å². The molecule has 6 heteroatoms. The van der Waals surface area contributed by atoms with Crippen LogP contribution in [0.5, 0.6) is 0 Å². The molecular weight excluding hydrogens is 222 g/mol. The summed E-state index contributed by atoms with van der Waals surface area (Å²) in [6.07, 6.45) is 0. The molecule has 1 aromatic carbocycles. The van der Waals surface area contributed by atoms with Crippen molar-refractivity contribution in [3.05, 3.63) is 35.9 Å². The average molecular weight is 237 g/mol. The number of carbonyl (C=O) groups excluding carboxylic acids is 2. The van der Waals surface area contributed by atoms with Crippen molar-refractivity contribution in [1.82, 2.24) is 10.6 Å². The minimum atomic E-state index is -0.892. The van der Waals surface area contributed by atoms with Crippen LogP contribution in [0.15, 0.2) is 30.3 Å². The van der Waals surface area contributed by atoms with Crippen molar-refractivity contribution < 1.29 is 14.7 Å². The summed E-state index contributed by atoms with van der Waals surface area (Å²) in [7, 11) is 0. The third kappa shape index (κ3) is 4.62. The average Bonchev–Trinajstić information content (AvgIpc) is 2.30.